The first kappa shape index (κ1) is 25.1. The Labute approximate surface area is 186 Å². The number of piperidine rings is 1. The van der Waals surface area contributed by atoms with Crippen molar-refractivity contribution in [3.63, 3.8) is 0 Å². The number of carbonyl (C=O) groups is 2. The highest BCUT2D eigenvalue weighted by Gasteiger charge is 2.30. The van der Waals surface area contributed by atoms with Gasteiger partial charge in [-0.2, -0.15) is 0 Å². The monoisotopic (exact) mass is 439 g/mol. The molecule has 0 saturated carbocycles. The van der Waals surface area contributed by atoms with E-state index in [1.165, 1.54) is 0 Å². The highest BCUT2D eigenvalue weighted by molar-refractivity contribution is 5.80. The van der Waals surface area contributed by atoms with Crippen molar-refractivity contribution in [2.45, 2.75) is 78.0 Å². The largest absolute Gasteiger partial charge is 0.444 e. The van der Waals surface area contributed by atoms with Crippen LogP contribution >= 0.6 is 0 Å². The van der Waals surface area contributed by atoms with E-state index in [0.29, 0.717) is 19.0 Å². The first-order valence-electron chi connectivity index (χ1n) is 11.3. The van der Waals surface area contributed by atoms with Crippen LogP contribution < -0.4 is 10.6 Å². The smallest absolute Gasteiger partial charge is 0.410 e. The first-order chi connectivity index (χ1) is 14.4. The van der Waals surface area contributed by atoms with Crippen LogP contribution in [-0.4, -0.2) is 85.0 Å². The fourth-order valence-corrected chi connectivity index (χ4v) is 3.84. The molecule has 9 nitrogen and oxygen atoms in total. The molecule has 2 aliphatic rings. The zero-order valence-electron chi connectivity index (χ0n) is 20.3. The van der Waals surface area contributed by atoms with Crippen LogP contribution in [0.15, 0.2) is 4.99 Å². The van der Waals surface area contributed by atoms with Gasteiger partial charge in [0.25, 0.3) is 0 Å². The summed E-state index contributed by atoms with van der Waals surface area (Å²) in [7, 11) is 1.77. The molecular weight excluding hydrogens is 398 g/mol. The lowest BCUT2D eigenvalue weighted by molar-refractivity contribution is 0.0168. The number of nitrogens with zero attached hydrogens (tertiary/aromatic N) is 3. The quantitative estimate of drug-likeness (QED) is 0.519. The van der Waals surface area contributed by atoms with Crippen molar-refractivity contribution >= 4 is 18.1 Å². The van der Waals surface area contributed by atoms with Gasteiger partial charge in [0.2, 0.25) is 0 Å². The van der Waals surface area contributed by atoms with Gasteiger partial charge in [0.15, 0.2) is 5.96 Å². The van der Waals surface area contributed by atoms with Crippen molar-refractivity contribution in [2.24, 2.45) is 10.9 Å². The number of hydrogen-bond donors (Lipinski definition) is 2. The van der Waals surface area contributed by atoms with E-state index in [1.54, 1.807) is 11.9 Å². The standard InChI is InChI=1S/C22H41N5O4/c1-21(2,3)30-19(28)25-17-10-12-26(15-17)18(23-7)24-13-16-9-8-11-27(14-16)20(29)31-22(4,5)6/h16-17H,8-15H2,1-7H3,(H,23,24)(H,25,28). The molecule has 31 heavy (non-hydrogen) atoms. The number of likely N-dealkylation sites (tertiary alicyclic amines) is 2. The number of rotatable bonds is 3. The Morgan fingerprint density at radius 2 is 1.65 bits per heavy atom. The molecule has 2 fully saturated rings. The van der Waals surface area contributed by atoms with Crippen LogP contribution in [-0.2, 0) is 9.47 Å². The second-order valence-corrected chi connectivity index (χ2v) is 10.4. The van der Waals surface area contributed by atoms with Crippen LogP contribution in [0.25, 0.3) is 0 Å². The third-order valence-corrected chi connectivity index (χ3v) is 5.14. The van der Waals surface area contributed by atoms with Crippen molar-refractivity contribution < 1.29 is 19.1 Å². The maximum Gasteiger partial charge on any atom is 0.410 e. The summed E-state index contributed by atoms with van der Waals surface area (Å²) in [6.45, 7) is 14.9. The van der Waals surface area contributed by atoms with Crippen LogP contribution in [0, 0.1) is 5.92 Å². The van der Waals surface area contributed by atoms with E-state index in [2.05, 4.69) is 20.5 Å². The van der Waals surface area contributed by atoms with Gasteiger partial charge in [-0.1, -0.05) is 0 Å². The van der Waals surface area contributed by atoms with Crippen molar-refractivity contribution in [2.75, 3.05) is 39.8 Å². The van der Waals surface area contributed by atoms with Gasteiger partial charge in [0.05, 0.1) is 6.04 Å². The SMILES string of the molecule is CN=C(NCC1CCCN(C(=O)OC(C)(C)C)C1)N1CCC(NC(=O)OC(C)(C)C)C1. The Bertz CT molecular complexity index is 653. The maximum absolute atomic E-state index is 12.4. The summed E-state index contributed by atoms with van der Waals surface area (Å²) in [4.78, 5) is 32.8. The predicted octanol–water partition coefficient (Wildman–Crippen LogP) is 2.81. The van der Waals surface area contributed by atoms with Crippen molar-refractivity contribution in [1.82, 2.24) is 20.4 Å². The van der Waals surface area contributed by atoms with Gasteiger partial charge in [-0.15, -0.1) is 0 Å². The van der Waals surface area contributed by atoms with Crippen molar-refractivity contribution in [1.29, 1.82) is 0 Å². The van der Waals surface area contributed by atoms with Gasteiger partial charge in [-0.05, 0) is 66.7 Å². The predicted molar refractivity (Wildman–Crippen MR) is 121 cm³/mol. The fourth-order valence-electron chi connectivity index (χ4n) is 3.84. The summed E-state index contributed by atoms with van der Waals surface area (Å²) >= 11 is 0. The molecule has 0 spiro atoms. The molecule has 2 atom stereocenters. The van der Waals surface area contributed by atoms with Crippen LogP contribution in [0.4, 0.5) is 9.59 Å². The number of guanidine groups is 1. The normalized spacial score (nSPS) is 22.9. The molecule has 0 aliphatic carbocycles. The minimum atomic E-state index is -0.507. The molecule has 0 aromatic carbocycles. The molecule has 2 rings (SSSR count). The van der Waals surface area contributed by atoms with Gasteiger partial charge in [-0.3, -0.25) is 4.99 Å². The third kappa shape index (κ3) is 8.83. The second kappa shape index (κ2) is 10.4. The molecule has 2 heterocycles. The van der Waals surface area contributed by atoms with Gasteiger partial charge >= 0.3 is 12.2 Å². The lowest BCUT2D eigenvalue weighted by atomic mass is 9.98. The first-order valence-corrected chi connectivity index (χ1v) is 11.3. The van der Waals surface area contributed by atoms with Crippen molar-refractivity contribution in [3.8, 4) is 0 Å². The summed E-state index contributed by atoms with van der Waals surface area (Å²) in [6.07, 6.45) is 2.25. The third-order valence-electron chi connectivity index (χ3n) is 5.14. The van der Waals surface area contributed by atoms with E-state index in [1.807, 2.05) is 41.5 Å². The number of carbonyl (C=O) groups excluding carboxylic acids is 2. The van der Waals surface area contributed by atoms with E-state index in [0.717, 1.165) is 44.9 Å². The second-order valence-electron chi connectivity index (χ2n) is 10.4. The number of amides is 2. The average Bonchev–Trinajstić information content (AvgIpc) is 3.07. The summed E-state index contributed by atoms with van der Waals surface area (Å²) in [5, 5.41) is 6.40. The topological polar surface area (TPSA) is 95.5 Å². The Morgan fingerprint density at radius 3 is 2.26 bits per heavy atom. The summed E-state index contributed by atoms with van der Waals surface area (Å²) in [6, 6.07) is 0.0331. The molecule has 0 aromatic heterocycles. The number of nitrogens with one attached hydrogen (secondary N) is 2. The minimum absolute atomic E-state index is 0.0331. The summed E-state index contributed by atoms with van der Waals surface area (Å²) < 4.78 is 10.9. The van der Waals surface area contributed by atoms with E-state index >= 15 is 0 Å². The Kier molecular flexibility index (Phi) is 8.42. The molecule has 0 bridgehead atoms. The van der Waals surface area contributed by atoms with Crippen LogP contribution in [0.1, 0.15) is 60.8 Å². The number of hydrogen-bond acceptors (Lipinski definition) is 5. The summed E-state index contributed by atoms with van der Waals surface area (Å²) in [5.41, 5.74) is -0.989. The lowest BCUT2D eigenvalue weighted by Crippen LogP contribution is -2.48. The summed E-state index contributed by atoms with van der Waals surface area (Å²) in [5.74, 6) is 1.17. The van der Waals surface area contributed by atoms with Gasteiger partial charge in [0.1, 0.15) is 11.2 Å². The van der Waals surface area contributed by atoms with Gasteiger partial charge in [-0.25, -0.2) is 9.59 Å². The van der Waals surface area contributed by atoms with E-state index in [9.17, 15) is 9.59 Å². The van der Waals surface area contributed by atoms with Gasteiger partial charge in [0, 0.05) is 39.8 Å². The molecule has 2 N–H and O–H groups in total. The van der Waals surface area contributed by atoms with Crippen molar-refractivity contribution in [3.05, 3.63) is 0 Å². The molecule has 2 amide bonds. The zero-order valence-corrected chi connectivity index (χ0v) is 20.3. The maximum atomic E-state index is 12.4. The highest BCUT2D eigenvalue weighted by Crippen LogP contribution is 2.19. The van der Waals surface area contributed by atoms with Crippen LogP contribution in [0.2, 0.25) is 0 Å². The fraction of sp³-hybridized carbons (Fsp3) is 0.864. The van der Waals surface area contributed by atoms with Crippen LogP contribution in [0.5, 0.6) is 0 Å². The lowest BCUT2D eigenvalue weighted by Gasteiger charge is -2.34. The zero-order chi connectivity index (χ0) is 23.2. The highest BCUT2D eigenvalue weighted by atomic mass is 16.6. The molecule has 2 saturated heterocycles. The van der Waals surface area contributed by atoms with E-state index in [-0.39, 0.29) is 18.2 Å². The molecule has 0 aromatic rings. The molecular formula is C22H41N5O4. The van der Waals surface area contributed by atoms with E-state index in [4.69, 9.17) is 9.47 Å². The molecule has 2 unspecified atom stereocenters. The molecule has 2 aliphatic heterocycles. The Hall–Kier alpha value is -2.19. The number of ether oxygens (including phenoxy) is 2. The van der Waals surface area contributed by atoms with E-state index < -0.39 is 11.2 Å². The van der Waals surface area contributed by atoms with Crippen LogP contribution in [0.3, 0.4) is 0 Å². The Balaban J connectivity index is 1.79. The average molecular weight is 440 g/mol. The molecule has 9 heteroatoms. The molecule has 0 radical (unpaired) electrons. The number of alkyl carbamates (subject to hydrolysis) is 1. The number of aliphatic imine (C=N–C) groups is 1. The Morgan fingerprint density at radius 1 is 0.968 bits per heavy atom. The molecule has 178 valence electrons. The van der Waals surface area contributed by atoms with Gasteiger partial charge < -0.3 is 29.9 Å². The minimum Gasteiger partial charge on any atom is -0.444 e.